The number of alkyl halides is 3. The van der Waals surface area contributed by atoms with Crippen LogP contribution in [0.1, 0.15) is 28.2 Å². The summed E-state index contributed by atoms with van der Waals surface area (Å²) in [6.07, 6.45) is -3.01. The van der Waals surface area contributed by atoms with Gasteiger partial charge in [0.05, 0.1) is 11.6 Å². The van der Waals surface area contributed by atoms with Gasteiger partial charge in [-0.25, -0.2) is 9.64 Å². The number of benzene rings is 1. The van der Waals surface area contributed by atoms with E-state index in [1.165, 1.54) is 16.0 Å². The molecule has 1 atom stereocenters. The number of rotatable bonds is 3. The van der Waals surface area contributed by atoms with Gasteiger partial charge < -0.3 is 10.4 Å². The average Bonchev–Trinajstić information content (AvgIpc) is 3.01. The summed E-state index contributed by atoms with van der Waals surface area (Å²) >= 11 is 9.94. The van der Waals surface area contributed by atoms with Gasteiger partial charge in [0.1, 0.15) is 0 Å². The van der Waals surface area contributed by atoms with Gasteiger partial charge in [-0.3, -0.25) is 0 Å². The van der Waals surface area contributed by atoms with Crippen molar-refractivity contribution < 1.29 is 23.1 Å². The summed E-state index contributed by atoms with van der Waals surface area (Å²) in [7, 11) is 0. The molecule has 156 valence electrons. The van der Waals surface area contributed by atoms with E-state index in [9.17, 15) is 13.2 Å². The predicted octanol–water partition coefficient (Wildman–Crippen LogP) is 6.13. The van der Waals surface area contributed by atoms with Gasteiger partial charge in [-0.1, -0.05) is 17.7 Å². The van der Waals surface area contributed by atoms with Crippen LogP contribution in [0.25, 0.3) is 4.85 Å². The average molecular weight is 463 g/mol. The summed E-state index contributed by atoms with van der Waals surface area (Å²) in [5.74, 6) is -2.76. The molecule has 0 radical (unpaired) electrons. The fourth-order valence-electron chi connectivity index (χ4n) is 2.78. The zero-order chi connectivity index (χ0) is 21.6. The lowest BCUT2D eigenvalue weighted by atomic mass is 10.0. The number of nitrogens with zero attached hydrogens (tertiary/aromatic N) is 1. The van der Waals surface area contributed by atoms with Crippen LogP contribution < -0.4 is 5.32 Å². The number of thiophene rings is 1. The standard InChI is InChI=1S/C17H17ClN2S2.C2HF3O2/c1-11(16-15(19-2)7-10-21-16)22-17-13-6-9-20-8-5-12(13)3-4-14(17)18;3-2(4,5)1(6)7/h3-4,7,10-11,20H,5-6,8-9H2,1H3;(H,6,7). The maximum absolute atomic E-state index is 10.6. The zero-order valence-corrected chi connectivity index (χ0v) is 17.7. The van der Waals surface area contributed by atoms with Crippen molar-refractivity contribution in [2.24, 2.45) is 0 Å². The van der Waals surface area contributed by atoms with E-state index in [4.69, 9.17) is 28.1 Å². The summed E-state index contributed by atoms with van der Waals surface area (Å²) in [6, 6.07) is 6.08. The molecule has 0 aliphatic carbocycles. The molecule has 10 heteroatoms. The molecule has 29 heavy (non-hydrogen) atoms. The number of carbonyl (C=O) groups is 1. The van der Waals surface area contributed by atoms with Crippen molar-refractivity contribution in [1.29, 1.82) is 0 Å². The Labute approximate surface area is 179 Å². The van der Waals surface area contributed by atoms with Crippen LogP contribution in [0.4, 0.5) is 18.9 Å². The van der Waals surface area contributed by atoms with Crippen molar-refractivity contribution in [2.45, 2.75) is 36.1 Å². The van der Waals surface area contributed by atoms with Crippen LogP contribution in [-0.4, -0.2) is 30.3 Å². The third kappa shape index (κ3) is 6.37. The van der Waals surface area contributed by atoms with Crippen molar-refractivity contribution in [3.05, 3.63) is 56.0 Å². The molecule has 0 fully saturated rings. The number of hydrogen-bond acceptors (Lipinski definition) is 4. The molecule has 1 aromatic carbocycles. The maximum atomic E-state index is 10.6. The van der Waals surface area contributed by atoms with E-state index >= 15 is 0 Å². The smallest absolute Gasteiger partial charge is 0.475 e. The minimum Gasteiger partial charge on any atom is -0.475 e. The number of aliphatic carboxylic acids is 1. The second-order valence-corrected chi connectivity index (χ2v) is 8.82. The zero-order valence-electron chi connectivity index (χ0n) is 15.3. The van der Waals surface area contributed by atoms with Crippen molar-refractivity contribution >= 4 is 46.4 Å². The highest BCUT2D eigenvalue weighted by Gasteiger charge is 2.38. The number of halogens is 4. The Bertz CT molecular complexity index is 910. The minimum absolute atomic E-state index is 0.240. The molecule has 0 saturated heterocycles. The molecule has 1 aromatic heterocycles. The first kappa shape index (κ1) is 23.5. The molecule has 0 bridgehead atoms. The lowest BCUT2D eigenvalue weighted by molar-refractivity contribution is -0.192. The minimum atomic E-state index is -5.08. The molecular formula is C19H18ClF3N2O2S2. The van der Waals surface area contributed by atoms with Crippen LogP contribution in [0.5, 0.6) is 0 Å². The molecule has 4 nitrogen and oxygen atoms in total. The van der Waals surface area contributed by atoms with Crippen molar-refractivity contribution in [1.82, 2.24) is 5.32 Å². The molecule has 2 N–H and O–H groups in total. The highest BCUT2D eigenvalue weighted by Crippen LogP contribution is 2.46. The van der Waals surface area contributed by atoms with Gasteiger partial charge in [-0.15, -0.1) is 11.8 Å². The second-order valence-electron chi connectivity index (χ2n) is 6.11. The molecule has 3 rings (SSSR count). The first-order valence-corrected chi connectivity index (χ1v) is 10.7. The lowest BCUT2D eigenvalue weighted by Gasteiger charge is -2.17. The number of fused-ring (bicyclic) bond motifs is 1. The quantitative estimate of drug-likeness (QED) is 0.425. The van der Waals surface area contributed by atoms with Crippen LogP contribution in [0.2, 0.25) is 5.02 Å². The van der Waals surface area contributed by atoms with E-state index in [1.807, 2.05) is 17.5 Å². The van der Waals surface area contributed by atoms with E-state index < -0.39 is 12.1 Å². The summed E-state index contributed by atoms with van der Waals surface area (Å²) in [5.41, 5.74) is 3.56. The van der Waals surface area contributed by atoms with Gasteiger partial charge in [-0.05, 0) is 61.5 Å². The normalized spacial score (nSPS) is 14.6. The predicted molar refractivity (Wildman–Crippen MR) is 110 cm³/mol. The molecule has 1 aliphatic heterocycles. The largest absolute Gasteiger partial charge is 0.490 e. The molecule has 0 spiro atoms. The molecular weight excluding hydrogens is 445 g/mol. The van der Waals surface area contributed by atoms with Crippen molar-refractivity contribution in [3.63, 3.8) is 0 Å². The van der Waals surface area contributed by atoms with Gasteiger partial charge >= 0.3 is 12.1 Å². The highest BCUT2D eigenvalue weighted by atomic mass is 35.5. The molecule has 0 amide bonds. The maximum Gasteiger partial charge on any atom is 0.490 e. The fourth-order valence-corrected chi connectivity index (χ4v) is 5.31. The number of nitrogens with one attached hydrogen (secondary N) is 1. The van der Waals surface area contributed by atoms with E-state index in [1.54, 1.807) is 23.1 Å². The molecule has 2 aromatic rings. The van der Waals surface area contributed by atoms with E-state index in [-0.39, 0.29) is 5.25 Å². The topological polar surface area (TPSA) is 53.7 Å². The molecule has 1 aliphatic rings. The molecule has 0 saturated carbocycles. The Morgan fingerprint density at radius 1 is 1.34 bits per heavy atom. The third-order valence-corrected chi connectivity index (χ3v) is 7.09. The first-order chi connectivity index (χ1) is 13.6. The number of hydrogen-bond donors (Lipinski definition) is 2. The van der Waals surface area contributed by atoms with Crippen LogP contribution in [-0.2, 0) is 17.6 Å². The molecule has 2 heterocycles. The third-order valence-electron chi connectivity index (χ3n) is 4.13. The van der Waals surface area contributed by atoms with Crippen LogP contribution in [0.3, 0.4) is 0 Å². The summed E-state index contributed by atoms with van der Waals surface area (Å²) in [4.78, 5) is 14.9. The fraction of sp³-hybridized carbons (Fsp3) is 0.368. The van der Waals surface area contributed by atoms with E-state index in [2.05, 4.69) is 23.2 Å². The van der Waals surface area contributed by atoms with Gasteiger partial charge in [-0.2, -0.15) is 24.5 Å². The summed E-state index contributed by atoms with van der Waals surface area (Å²) in [6.45, 7) is 11.5. The number of carboxylic acids is 1. The highest BCUT2D eigenvalue weighted by molar-refractivity contribution is 7.99. The Morgan fingerprint density at radius 3 is 2.62 bits per heavy atom. The number of carboxylic acid groups (broad SMARTS) is 1. The SMILES string of the molecule is O=C(O)C(F)(F)F.[C-]#[N+]c1ccsc1C(C)Sc1c(Cl)ccc2c1CCNCC2. The Kier molecular flexibility index (Phi) is 8.40. The van der Waals surface area contributed by atoms with Gasteiger partial charge in [0.25, 0.3) is 0 Å². The van der Waals surface area contributed by atoms with Crippen molar-refractivity contribution in [2.75, 3.05) is 13.1 Å². The Morgan fingerprint density at radius 2 is 2.00 bits per heavy atom. The Hall–Kier alpha value is -1.73. The summed E-state index contributed by atoms with van der Waals surface area (Å²) < 4.78 is 31.7. The number of thioether (sulfide) groups is 1. The molecule has 1 unspecified atom stereocenters. The van der Waals surface area contributed by atoms with E-state index in [0.717, 1.165) is 41.5 Å². The lowest BCUT2D eigenvalue weighted by Crippen LogP contribution is -2.21. The van der Waals surface area contributed by atoms with Gasteiger partial charge in [0, 0.05) is 15.0 Å². The van der Waals surface area contributed by atoms with Crippen molar-refractivity contribution in [3.8, 4) is 0 Å². The van der Waals surface area contributed by atoms with Crippen LogP contribution in [0.15, 0.2) is 28.5 Å². The monoisotopic (exact) mass is 462 g/mol. The van der Waals surface area contributed by atoms with Gasteiger partial charge in [0.2, 0.25) is 5.69 Å². The second kappa shape index (κ2) is 10.3. The Balaban J connectivity index is 0.000000370. The van der Waals surface area contributed by atoms with Crippen LogP contribution in [0, 0.1) is 6.57 Å². The first-order valence-electron chi connectivity index (χ1n) is 8.57. The summed E-state index contributed by atoms with van der Waals surface area (Å²) in [5, 5.41) is 13.6. The van der Waals surface area contributed by atoms with E-state index in [0.29, 0.717) is 0 Å². The van der Waals surface area contributed by atoms with Gasteiger partial charge in [0.15, 0.2) is 0 Å². The van der Waals surface area contributed by atoms with Crippen LogP contribution >= 0.6 is 34.7 Å².